The summed E-state index contributed by atoms with van der Waals surface area (Å²) in [6.45, 7) is -1.71. The topological polar surface area (TPSA) is 127 Å². The van der Waals surface area contributed by atoms with Gasteiger partial charge in [-0.1, -0.05) is 5.10 Å². The van der Waals surface area contributed by atoms with Gasteiger partial charge in [-0.2, -0.15) is 13.2 Å². The average molecular weight is 530 g/mol. The van der Waals surface area contributed by atoms with Crippen molar-refractivity contribution in [2.75, 3.05) is 19.8 Å². The summed E-state index contributed by atoms with van der Waals surface area (Å²) in [4.78, 5) is 25.0. The monoisotopic (exact) mass is 530 g/mol. The molecule has 1 fully saturated rings. The minimum absolute atomic E-state index is 0.0530. The van der Waals surface area contributed by atoms with Crippen LogP contribution in [-0.4, -0.2) is 64.4 Å². The van der Waals surface area contributed by atoms with Gasteiger partial charge in [0, 0.05) is 18.2 Å². The molecule has 1 aromatic carbocycles. The highest BCUT2D eigenvalue weighted by molar-refractivity contribution is 5.94. The first kappa shape index (κ1) is 27.0. The molecule has 1 aliphatic heterocycles. The predicted molar refractivity (Wildman–Crippen MR) is 101 cm³/mol. The largest absolute Gasteiger partial charge is 0.522 e. The summed E-state index contributed by atoms with van der Waals surface area (Å²) < 4.78 is 101. The molecule has 17 heteroatoms. The number of piperidine rings is 1. The molecule has 1 aliphatic rings. The second-order valence-electron chi connectivity index (χ2n) is 7.44. The summed E-state index contributed by atoms with van der Waals surface area (Å²) >= 11 is 0. The molecule has 2 heterocycles. The van der Waals surface area contributed by atoms with Gasteiger partial charge in [0.25, 0.3) is 5.91 Å². The molecule has 198 valence electrons. The van der Waals surface area contributed by atoms with E-state index in [1.165, 1.54) is 0 Å². The van der Waals surface area contributed by atoms with Gasteiger partial charge in [0.1, 0.15) is 18.5 Å². The third-order valence-electron chi connectivity index (χ3n) is 4.98. The van der Waals surface area contributed by atoms with Gasteiger partial charge in [0.15, 0.2) is 0 Å². The van der Waals surface area contributed by atoms with Gasteiger partial charge in [-0.15, -0.1) is 18.3 Å². The van der Waals surface area contributed by atoms with Crippen LogP contribution in [0.3, 0.4) is 0 Å². The number of carbonyl (C=O) groups is 2. The molecular formula is C19H17F7N4O6. The number of nitrogens with one attached hydrogen (secondary N) is 1. The van der Waals surface area contributed by atoms with Gasteiger partial charge in [-0.3, -0.25) is 14.4 Å². The molecule has 2 N–H and O–H groups in total. The maximum Gasteiger partial charge on any atom is 0.522 e. The number of hydrogen-bond acceptors (Lipinski definition) is 7. The number of halogens is 7. The smallest absolute Gasteiger partial charge is 0.465 e. The molecule has 0 saturated carbocycles. The van der Waals surface area contributed by atoms with E-state index in [-0.39, 0.29) is 25.3 Å². The Morgan fingerprint density at radius 2 is 1.86 bits per heavy atom. The van der Waals surface area contributed by atoms with Gasteiger partial charge in [0.2, 0.25) is 5.89 Å². The maximum absolute atomic E-state index is 13.8. The number of carbonyl (C=O) groups excluding carboxylic acids is 1. The van der Waals surface area contributed by atoms with Crippen LogP contribution in [0.1, 0.15) is 40.7 Å². The van der Waals surface area contributed by atoms with Crippen LogP contribution in [0.25, 0.3) is 0 Å². The zero-order valence-corrected chi connectivity index (χ0v) is 17.9. The zero-order valence-electron chi connectivity index (χ0n) is 17.9. The maximum atomic E-state index is 13.8. The highest BCUT2D eigenvalue weighted by Gasteiger charge is 2.37. The Hall–Kier alpha value is -3.63. The van der Waals surface area contributed by atoms with Crippen LogP contribution in [0.2, 0.25) is 0 Å². The van der Waals surface area contributed by atoms with Crippen molar-refractivity contribution in [2.45, 2.75) is 37.5 Å². The van der Waals surface area contributed by atoms with Crippen molar-refractivity contribution in [3.63, 3.8) is 0 Å². The van der Waals surface area contributed by atoms with E-state index in [0.717, 1.165) is 11.0 Å². The molecule has 3 rings (SSSR count). The molecule has 2 amide bonds. The molecule has 2 atom stereocenters. The summed E-state index contributed by atoms with van der Waals surface area (Å²) in [5, 5.41) is 19.1. The number of benzene rings is 1. The van der Waals surface area contributed by atoms with Crippen molar-refractivity contribution >= 4 is 12.0 Å². The second kappa shape index (κ2) is 10.5. The van der Waals surface area contributed by atoms with Crippen LogP contribution in [0, 0.1) is 5.82 Å². The molecule has 0 bridgehead atoms. The number of alkyl halides is 6. The van der Waals surface area contributed by atoms with Crippen molar-refractivity contribution in [1.29, 1.82) is 0 Å². The summed E-state index contributed by atoms with van der Waals surface area (Å²) in [7, 11) is 0. The molecule has 1 saturated heterocycles. The third-order valence-corrected chi connectivity index (χ3v) is 4.98. The third kappa shape index (κ3) is 6.96. The highest BCUT2D eigenvalue weighted by Crippen LogP contribution is 2.33. The first-order valence-electron chi connectivity index (χ1n) is 10.1. The number of rotatable bonds is 7. The quantitative estimate of drug-likeness (QED) is 0.410. The summed E-state index contributed by atoms with van der Waals surface area (Å²) in [6.07, 6.45) is -11.5. The van der Waals surface area contributed by atoms with E-state index in [9.17, 15) is 45.4 Å². The van der Waals surface area contributed by atoms with E-state index in [0.29, 0.717) is 12.1 Å². The Balaban J connectivity index is 1.60. The van der Waals surface area contributed by atoms with E-state index in [1.54, 1.807) is 0 Å². The second-order valence-corrected chi connectivity index (χ2v) is 7.44. The fraction of sp³-hybridized carbons (Fsp3) is 0.474. The van der Waals surface area contributed by atoms with Crippen molar-refractivity contribution in [3.8, 4) is 6.08 Å². The highest BCUT2D eigenvalue weighted by atomic mass is 19.4. The number of nitrogens with zero attached hydrogens (tertiary/aromatic N) is 3. The predicted octanol–water partition coefficient (Wildman–Crippen LogP) is 3.76. The summed E-state index contributed by atoms with van der Waals surface area (Å²) in [5.41, 5.74) is -1.93. The summed E-state index contributed by atoms with van der Waals surface area (Å²) in [5.74, 6) is -2.75. The molecule has 0 radical (unpaired) electrons. The minimum Gasteiger partial charge on any atom is -0.465 e. The lowest BCUT2D eigenvalue weighted by atomic mass is 9.98. The first-order chi connectivity index (χ1) is 16.7. The number of ether oxygens (including phenoxy) is 2. The van der Waals surface area contributed by atoms with Crippen molar-refractivity contribution in [3.05, 3.63) is 41.0 Å². The Kier molecular flexibility index (Phi) is 7.90. The van der Waals surface area contributed by atoms with Crippen molar-refractivity contribution in [2.24, 2.45) is 0 Å². The summed E-state index contributed by atoms with van der Waals surface area (Å²) in [6, 6.07) is -0.112. The van der Waals surface area contributed by atoms with Gasteiger partial charge in [-0.05, 0) is 31.0 Å². The van der Waals surface area contributed by atoms with E-state index < -0.39 is 72.9 Å². The molecule has 2 aromatic rings. The number of hydrogen-bond donors (Lipinski definition) is 2. The fourth-order valence-electron chi connectivity index (χ4n) is 3.41. The Labute approximate surface area is 197 Å². The molecule has 1 aromatic heterocycles. The fourth-order valence-corrected chi connectivity index (χ4v) is 3.41. The molecule has 10 nitrogen and oxygen atoms in total. The molecule has 0 spiro atoms. The van der Waals surface area contributed by atoms with Crippen molar-refractivity contribution < 1.29 is 59.3 Å². The number of aromatic nitrogens is 2. The van der Waals surface area contributed by atoms with Crippen LogP contribution < -0.4 is 10.1 Å². The standard InChI is InChI=1S/C19H17F7N4O6/c20-12-7-9(1-3-11(12)18(21,22)23)14(31)27-10-2-4-13(30(8-10)17(32)33)15-28-29-16(36-15)34-5-6-35-19(24,25)26/h1,3,7,10,13H,2,4-6,8H2,(H,27,31)(H,32,33)/t10-,13+/m0/s1. The van der Waals surface area contributed by atoms with E-state index in [4.69, 9.17) is 9.15 Å². The van der Waals surface area contributed by atoms with Crippen LogP contribution in [0.15, 0.2) is 22.6 Å². The lowest BCUT2D eigenvalue weighted by molar-refractivity contribution is -0.325. The lowest BCUT2D eigenvalue weighted by Gasteiger charge is -2.36. The van der Waals surface area contributed by atoms with Gasteiger partial charge < -0.3 is 19.6 Å². The number of amides is 2. The Bertz CT molecular complexity index is 1090. The van der Waals surface area contributed by atoms with E-state index in [1.807, 2.05) is 0 Å². The number of carboxylic acid groups (broad SMARTS) is 1. The van der Waals surface area contributed by atoms with Crippen LogP contribution >= 0.6 is 0 Å². The number of likely N-dealkylation sites (tertiary alicyclic amines) is 1. The normalized spacial score (nSPS) is 18.7. The van der Waals surface area contributed by atoms with Crippen molar-refractivity contribution in [1.82, 2.24) is 20.4 Å². The molecule has 0 aliphatic carbocycles. The van der Waals surface area contributed by atoms with Gasteiger partial charge >= 0.3 is 24.7 Å². The molecule has 0 unspecified atom stereocenters. The zero-order chi connectivity index (χ0) is 26.7. The first-order valence-corrected chi connectivity index (χ1v) is 10.1. The van der Waals surface area contributed by atoms with Crippen LogP contribution in [-0.2, 0) is 10.9 Å². The van der Waals surface area contributed by atoms with Crippen LogP contribution in [0.4, 0.5) is 35.5 Å². The Morgan fingerprint density at radius 1 is 1.14 bits per heavy atom. The average Bonchev–Trinajstić information content (AvgIpc) is 3.23. The Morgan fingerprint density at radius 3 is 2.47 bits per heavy atom. The van der Waals surface area contributed by atoms with Gasteiger partial charge in [0.05, 0.1) is 12.2 Å². The molecular weight excluding hydrogens is 513 g/mol. The van der Waals surface area contributed by atoms with E-state index >= 15 is 0 Å². The lowest BCUT2D eigenvalue weighted by Crippen LogP contribution is -2.50. The van der Waals surface area contributed by atoms with Gasteiger partial charge in [-0.25, -0.2) is 9.18 Å². The SMILES string of the molecule is O=C(N[C@H]1CC[C@H](c2nnc(OCCOC(F)(F)F)o2)N(C(=O)O)C1)c1ccc(C(F)(F)F)c(F)c1. The van der Waals surface area contributed by atoms with Crippen LogP contribution in [0.5, 0.6) is 6.08 Å². The minimum atomic E-state index is -4.93. The molecule has 36 heavy (non-hydrogen) atoms. The van der Waals surface area contributed by atoms with E-state index in [2.05, 4.69) is 20.3 Å².